The van der Waals surface area contributed by atoms with Crippen LogP contribution in [0.5, 0.6) is 0 Å². The first-order valence-corrected chi connectivity index (χ1v) is 6.56. The van der Waals surface area contributed by atoms with E-state index in [-0.39, 0.29) is 31.4 Å². The predicted octanol–water partition coefficient (Wildman–Crippen LogP) is -0.883. The number of nitrogens with one attached hydrogen (secondary N) is 1. The summed E-state index contributed by atoms with van der Waals surface area (Å²) in [6.45, 7) is 2.24. The van der Waals surface area contributed by atoms with E-state index in [1.54, 1.807) is 0 Å². The number of primary amides is 1. The number of rotatable bonds is 6. The minimum atomic E-state index is -1.22. The Bertz CT molecular complexity index is 387. The molecule has 1 heterocycles. The summed E-state index contributed by atoms with van der Waals surface area (Å²) in [5, 5.41) is 20.7. The van der Waals surface area contributed by atoms with E-state index in [1.807, 2.05) is 6.92 Å². The lowest BCUT2D eigenvalue weighted by Gasteiger charge is -2.27. The number of aliphatic hydroxyl groups excluding tert-OH is 1. The molecule has 3 atom stereocenters. The minimum absolute atomic E-state index is 0.0520. The Hall–Kier alpha value is -1.83. The SMILES string of the molecule is CC1CCN(C(=O)NC(CCC(N)=O)C(=O)O)C1CO. The number of carbonyl (C=O) groups excluding carboxylic acids is 2. The fraction of sp³-hybridized carbons (Fsp3) is 0.750. The number of aliphatic carboxylic acids is 1. The summed E-state index contributed by atoms with van der Waals surface area (Å²) in [5.41, 5.74) is 4.97. The molecule has 0 aliphatic carbocycles. The van der Waals surface area contributed by atoms with E-state index in [1.165, 1.54) is 4.90 Å². The molecule has 3 unspecified atom stereocenters. The van der Waals surface area contributed by atoms with Crippen LogP contribution in [-0.4, -0.2) is 58.3 Å². The molecule has 5 N–H and O–H groups in total. The summed E-state index contributed by atoms with van der Waals surface area (Å²) in [4.78, 5) is 35.2. The maximum absolute atomic E-state index is 12.0. The van der Waals surface area contributed by atoms with E-state index in [4.69, 9.17) is 10.8 Å². The molecule has 114 valence electrons. The van der Waals surface area contributed by atoms with Crippen LogP contribution in [0.25, 0.3) is 0 Å². The van der Waals surface area contributed by atoms with Crippen LogP contribution in [0.15, 0.2) is 0 Å². The van der Waals surface area contributed by atoms with Gasteiger partial charge in [0, 0.05) is 13.0 Å². The number of carbonyl (C=O) groups is 3. The standard InChI is InChI=1S/C12H21N3O5/c1-7-4-5-15(9(7)6-16)12(20)14-8(11(18)19)2-3-10(13)17/h7-9,16H,2-6H2,1H3,(H2,13,17)(H,14,20)(H,18,19). The highest BCUT2D eigenvalue weighted by atomic mass is 16.4. The molecule has 0 aromatic heterocycles. The van der Waals surface area contributed by atoms with Gasteiger partial charge in [0.05, 0.1) is 12.6 Å². The highest BCUT2D eigenvalue weighted by Gasteiger charge is 2.35. The number of carboxylic acids is 1. The van der Waals surface area contributed by atoms with Gasteiger partial charge in [0.1, 0.15) is 6.04 Å². The fourth-order valence-electron chi connectivity index (χ4n) is 2.31. The quantitative estimate of drug-likeness (QED) is 0.503. The molecule has 0 spiro atoms. The molecule has 1 saturated heterocycles. The Balaban J connectivity index is 2.61. The Kier molecular flexibility index (Phi) is 5.75. The second-order valence-corrected chi connectivity index (χ2v) is 5.05. The van der Waals surface area contributed by atoms with Crippen molar-refractivity contribution in [3.63, 3.8) is 0 Å². The largest absolute Gasteiger partial charge is 0.480 e. The van der Waals surface area contributed by atoms with Crippen molar-refractivity contribution in [3.05, 3.63) is 0 Å². The number of hydrogen-bond acceptors (Lipinski definition) is 4. The molecule has 3 amide bonds. The van der Waals surface area contributed by atoms with Gasteiger partial charge in [-0.2, -0.15) is 0 Å². The zero-order valence-corrected chi connectivity index (χ0v) is 11.4. The Morgan fingerprint density at radius 1 is 1.45 bits per heavy atom. The molecular formula is C12H21N3O5. The Labute approximate surface area is 116 Å². The number of likely N-dealkylation sites (tertiary alicyclic amines) is 1. The molecule has 1 rings (SSSR count). The number of hydrogen-bond donors (Lipinski definition) is 4. The summed E-state index contributed by atoms with van der Waals surface area (Å²) in [5.74, 6) is -1.67. The molecular weight excluding hydrogens is 266 g/mol. The first-order chi connectivity index (χ1) is 9.36. The predicted molar refractivity (Wildman–Crippen MR) is 69.7 cm³/mol. The third-order valence-electron chi connectivity index (χ3n) is 3.61. The van der Waals surface area contributed by atoms with Gasteiger partial charge in [-0.1, -0.05) is 6.92 Å². The first-order valence-electron chi connectivity index (χ1n) is 6.56. The molecule has 0 radical (unpaired) electrons. The molecule has 0 aromatic rings. The second-order valence-electron chi connectivity index (χ2n) is 5.05. The van der Waals surface area contributed by atoms with E-state index < -0.39 is 23.9 Å². The third kappa shape index (κ3) is 4.09. The summed E-state index contributed by atoms with van der Waals surface area (Å²) in [6.07, 6.45) is 0.596. The van der Waals surface area contributed by atoms with Crippen molar-refractivity contribution >= 4 is 17.9 Å². The maximum atomic E-state index is 12.0. The smallest absolute Gasteiger partial charge is 0.326 e. The van der Waals surface area contributed by atoms with E-state index in [0.29, 0.717) is 6.54 Å². The van der Waals surface area contributed by atoms with Gasteiger partial charge >= 0.3 is 12.0 Å². The highest BCUT2D eigenvalue weighted by Crippen LogP contribution is 2.23. The normalized spacial score (nSPS) is 23.4. The lowest BCUT2D eigenvalue weighted by molar-refractivity contribution is -0.139. The number of amides is 3. The summed E-state index contributed by atoms with van der Waals surface area (Å²) in [7, 11) is 0. The van der Waals surface area contributed by atoms with Gasteiger partial charge in [0.25, 0.3) is 0 Å². The van der Waals surface area contributed by atoms with Crippen LogP contribution in [0.1, 0.15) is 26.2 Å². The number of nitrogens with two attached hydrogens (primary N) is 1. The average Bonchev–Trinajstić information content (AvgIpc) is 2.74. The van der Waals surface area contributed by atoms with Gasteiger partial charge < -0.3 is 26.2 Å². The molecule has 1 fully saturated rings. The van der Waals surface area contributed by atoms with Crippen LogP contribution in [0.4, 0.5) is 4.79 Å². The lowest BCUT2D eigenvalue weighted by Crippen LogP contribution is -2.51. The fourth-order valence-corrected chi connectivity index (χ4v) is 2.31. The van der Waals surface area contributed by atoms with Gasteiger partial charge in [-0.3, -0.25) is 4.79 Å². The van der Waals surface area contributed by atoms with Crippen LogP contribution >= 0.6 is 0 Å². The summed E-state index contributed by atoms with van der Waals surface area (Å²) in [6, 6.07) is -2.00. The maximum Gasteiger partial charge on any atom is 0.326 e. The van der Waals surface area contributed by atoms with Gasteiger partial charge in [0.15, 0.2) is 0 Å². The Morgan fingerprint density at radius 2 is 2.10 bits per heavy atom. The molecule has 0 bridgehead atoms. The average molecular weight is 287 g/mol. The van der Waals surface area contributed by atoms with Crippen LogP contribution in [0.3, 0.4) is 0 Å². The topological polar surface area (TPSA) is 133 Å². The van der Waals surface area contributed by atoms with Crippen molar-refractivity contribution in [2.24, 2.45) is 11.7 Å². The van der Waals surface area contributed by atoms with Crippen molar-refractivity contribution in [1.29, 1.82) is 0 Å². The van der Waals surface area contributed by atoms with Crippen molar-refractivity contribution in [2.45, 2.75) is 38.3 Å². The molecule has 8 nitrogen and oxygen atoms in total. The highest BCUT2D eigenvalue weighted by molar-refractivity contribution is 5.83. The van der Waals surface area contributed by atoms with Crippen molar-refractivity contribution in [1.82, 2.24) is 10.2 Å². The Morgan fingerprint density at radius 3 is 2.60 bits per heavy atom. The van der Waals surface area contributed by atoms with Crippen molar-refractivity contribution < 1.29 is 24.6 Å². The zero-order valence-electron chi connectivity index (χ0n) is 11.4. The lowest BCUT2D eigenvalue weighted by atomic mass is 10.0. The van der Waals surface area contributed by atoms with Crippen LogP contribution in [0, 0.1) is 5.92 Å². The zero-order chi connectivity index (χ0) is 15.3. The van der Waals surface area contributed by atoms with Crippen LogP contribution in [-0.2, 0) is 9.59 Å². The van der Waals surface area contributed by atoms with Crippen LogP contribution < -0.4 is 11.1 Å². The van der Waals surface area contributed by atoms with Crippen molar-refractivity contribution in [3.8, 4) is 0 Å². The number of carboxylic acid groups (broad SMARTS) is 1. The number of aliphatic hydroxyl groups is 1. The van der Waals surface area contributed by atoms with Gasteiger partial charge in [-0.05, 0) is 18.8 Å². The summed E-state index contributed by atoms with van der Waals surface area (Å²) >= 11 is 0. The minimum Gasteiger partial charge on any atom is -0.480 e. The van der Waals surface area contributed by atoms with Gasteiger partial charge in [-0.25, -0.2) is 9.59 Å². The monoisotopic (exact) mass is 287 g/mol. The molecule has 8 heteroatoms. The molecule has 0 aromatic carbocycles. The number of nitrogens with zero attached hydrogens (tertiary/aromatic N) is 1. The van der Waals surface area contributed by atoms with Gasteiger partial charge in [-0.15, -0.1) is 0 Å². The second kappa shape index (κ2) is 7.09. The van der Waals surface area contributed by atoms with Crippen molar-refractivity contribution in [2.75, 3.05) is 13.2 Å². The van der Waals surface area contributed by atoms with Crippen LogP contribution in [0.2, 0.25) is 0 Å². The van der Waals surface area contributed by atoms with E-state index in [2.05, 4.69) is 5.32 Å². The van der Waals surface area contributed by atoms with E-state index in [0.717, 1.165) is 6.42 Å². The molecule has 20 heavy (non-hydrogen) atoms. The molecule has 1 aliphatic heterocycles. The third-order valence-corrected chi connectivity index (χ3v) is 3.61. The van der Waals surface area contributed by atoms with E-state index >= 15 is 0 Å². The molecule has 0 saturated carbocycles. The number of urea groups is 1. The van der Waals surface area contributed by atoms with Gasteiger partial charge in [0.2, 0.25) is 5.91 Å². The van der Waals surface area contributed by atoms with E-state index in [9.17, 15) is 19.5 Å². The first kappa shape index (κ1) is 16.2. The molecule has 1 aliphatic rings. The summed E-state index contributed by atoms with van der Waals surface area (Å²) < 4.78 is 0.